The Morgan fingerprint density at radius 2 is 2.00 bits per heavy atom. The van der Waals surface area contributed by atoms with Gasteiger partial charge in [-0.05, 0) is 12.1 Å². The molecular formula is C11H11FO3. The highest BCUT2D eigenvalue weighted by Crippen LogP contribution is 2.13. The van der Waals surface area contributed by atoms with E-state index >= 15 is 0 Å². The molecule has 1 N–H and O–H groups in total. The van der Waals surface area contributed by atoms with Gasteiger partial charge < -0.3 is 5.11 Å². The number of carboxylic acid groups (broad SMARTS) is 1. The van der Waals surface area contributed by atoms with E-state index < -0.39 is 23.5 Å². The van der Waals surface area contributed by atoms with Gasteiger partial charge in [0.05, 0.1) is 11.5 Å². The van der Waals surface area contributed by atoms with Crippen LogP contribution in [0.1, 0.15) is 23.7 Å². The molecule has 0 spiro atoms. The third-order valence-corrected chi connectivity index (χ3v) is 2.09. The summed E-state index contributed by atoms with van der Waals surface area (Å²) in [4.78, 5) is 22.0. The highest BCUT2D eigenvalue weighted by Gasteiger charge is 2.18. The van der Waals surface area contributed by atoms with Crippen LogP contribution in [-0.2, 0) is 4.79 Å². The van der Waals surface area contributed by atoms with Crippen LogP contribution in [0.2, 0.25) is 0 Å². The zero-order chi connectivity index (χ0) is 11.4. The first-order valence-electron chi connectivity index (χ1n) is 4.53. The van der Waals surface area contributed by atoms with Crippen LogP contribution in [-0.4, -0.2) is 16.9 Å². The number of hydrogen-bond acceptors (Lipinski definition) is 2. The van der Waals surface area contributed by atoms with Crippen molar-refractivity contribution in [3.8, 4) is 0 Å². The molecule has 0 aliphatic carbocycles. The van der Waals surface area contributed by atoms with Crippen LogP contribution in [0.25, 0.3) is 0 Å². The second kappa shape index (κ2) is 4.68. The second-order valence-electron chi connectivity index (χ2n) is 3.35. The minimum absolute atomic E-state index is 0.0504. The number of ketones is 1. The van der Waals surface area contributed by atoms with Crippen LogP contribution in [0, 0.1) is 11.7 Å². The largest absolute Gasteiger partial charge is 0.481 e. The molecule has 3 nitrogen and oxygen atoms in total. The SMILES string of the molecule is C[C@H](CC(=O)c1ccccc1F)C(=O)O. The van der Waals surface area contributed by atoms with Gasteiger partial charge in [0.25, 0.3) is 0 Å². The summed E-state index contributed by atoms with van der Waals surface area (Å²) in [6, 6.07) is 5.55. The third kappa shape index (κ3) is 2.87. The summed E-state index contributed by atoms with van der Waals surface area (Å²) >= 11 is 0. The fourth-order valence-electron chi connectivity index (χ4n) is 1.16. The summed E-state index contributed by atoms with van der Waals surface area (Å²) in [7, 11) is 0. The van der Waals surface area contributed by atoms with Gasteiger partial charge in [-0.15, -0.1) is 0 Å². The lowest BCUT2D eigenvalue weighted by Gasteiger charge is -2.05. The van der Waals surface area contributed by atoms with Crippen LogP contribution in [0.5, 0.6) is 0 Å². The molecule has 0 bridgehead atoms. The van der Waals surface area contributed by atoms with Crippen molar-refractivity contribution in [3.63, 3.8) is 0 Å². The molecule has 0 unspecified atom stereocenters. The fraction of sp³-hybridized carbons (Fsp3) is 0.273. The zero-order valence-corrected chi connectivity index (χ0v) is 8.24. The number of benzene rings is 1. The molecular weight excluding hydrogens is 199 g/mol. The fourth-order valence-corrected chi connectivity index (χ4v) is 1.16. The van der Waals surface area contributed by atoms with Crippen molar-refractivity contribution in [2.24, 2.45) is 5.92 Å². The monoisotopic (exact) mass is 210 g/mol. The van der Waals surface area contributed by atoms with E-state index in [1.807, 2.05) is 0 Å². The number of carbonyl (C=O) groups excluding carboxylic acids is 1. The Balaban J connectivity index is 2.78. The van der Waals surface area contributed by atoms with E-state index in [0.717, 1.165) is 0 Å². The molecule has 15 heavy (non-hydrogen) atoms. The maximum absolute atomic E-state index is 13.1. The van der Waals surface area contributed by atoms with E-state index in [-0.39, 0.29) is 12.0 Å². The Bertz CT molecular complexity index is 387. The van der Waals surface area contributed by atoms with Crippen molar-refractivity contribution in [3.05, 3.63) is 35.6 Å². The number of carboxylic acids is 1. The molecule has 0 heterocycles. The average Bonchev–Trinajstić information content (AvgIpc) is 2.18. The van der Waals surface area contributed by atoms with E-state index in [2.05, 4.69) is 0 Å². The Hall–Kier alpha value is -1.71. The summed E-state index contributed by atoms with van der Waals surface area (Å²) in [5.74, 6) is -2.94. The quantitative estimate of drug-likeness (QED) is 0.774. The number of Topliss-reactive ketones (excluding diaryl/α,β-unsaturated/α-hetero) is 1. The lowest BCUT2D eigenvalue weighted by Crippen LogP contribution is -2.15. The minimum Gasteiger partial charge on any atom is -0.481 e. The van der Waals surface area contributed by atoms with E-state index in [9.17, 15) is 14.0 Å². The van der Waals surface area contributed by atoms with Gasteiger partial charge in [0.1, 0.15) is 5.82 Å². The lowest BCUT2D eigenvalue weighted by atomic mass is 10.00. The molecule has 0 saturated carbocycles. The maximum atomic E-state index is 13.1. The second-order valence-corrected chi connectivity index (χ2v) is 3.35. The standard InChI is InChI=1S/C11H11FO3/c1-7(11(14)15)6-10(13)8-4-2-3-5-9(8)12/h2-5,7H,6H2,1H3,(H,14,15)/t7-/m1/s1. The molecule has 0 fully saturated rings. The molecule has 0 radical (unpaired) electrons. The summed E-state index contributed by atoms with van der Waals surface area (Å²) < 4.78 is 13.1. The highest BCUT2D eigenvalue weighted by atomic mass is 19.1. The molecule has 1 rings (SSSR count). The molecule has 80 valence electrons. The third-order valence-electron chi connectivity index (χ3n) is 2.09. The lowest BCUT2D eigenvalue weighted by molar-refractivity contribution is -0.141. The van der Waals surface area contributed by atoms with Crippen molar-refractivity contribution in [2.75, 3.05) is 0 Å². The van der Waals surface area contributed by atoms with Crippen molar-refractivity contribution in [2.45, 2.75) is 13.3 Å². The number of carbonyl (C=O) groups is 2. The Labute approximate surface area is 86.5 Å². The first-order valence-corrected chi connectivity index (χ1v) is 4.53. The predicted octanol–water partition coefficient (Wildman–Crippen LogP) is 2.12. The molecule has 0 aliphatic heterocycles. The summed E-state index contributed by atoms with van der Waals surface area (Å²) in [5.41, 5.74) is -0.0504. The predicted molar refractivity (Wildman–Crippen MR) is 52.1 cm³/mol. The van der Waals surface area contributed by atoms with Gasteiger partial charge >= 0.3 is 5.97 Å². The van der Waals surface area contributed by atoms with Crippen LogP contribution >= 0.6 is 0 Å². The van der Waals surface area contributed by atoms with E-state index in [0.29, 0.717) is 0 Å². The van der Waals surface area contributed by atoms with Gasteiger partial charge in [0.15, 0.2) is 5.78 Å². The first-order chi connectivity index (χ1) is 7.02. The number of aliphatic carboxylic acids is 1. The van der Waals surface area contributed by atoms with Gasteiger partial charge in [-0.1, -0.05) is 19.1 Å². The number of halogens is 1. The van der Waals surface area contributed by atoms with Crippen LogP contribution < -0.4 is 0 Å². The average molecular weight is 210 g/mol. The molecule has 1 aromatic rings. The van der Waals surface area contributed by atoms with Crippen LogP contribution in [0.15, 0.2) is 24.3 Å². The van der Waals surface area contributed by atoms with Crippen molar-refractivity contribution >= 4 is 11.8 Å². The Morgan fingerprint density at radius 1 is 1.40 bits per heavy atom. The molecule has 4 heteroatoms. The minimum atomic E-state index is -1.06. The van der Waals surface area contributed by atoms with Crippen molar-refractivity contribution in [1.82, 2.24) is 0 Å². The highest BCUT2D eigenvalue weighted by molar-refractivity contribution is 5.98. The number of rotatable bonds is 4. The molecule has 0 aromatic heterocycles. The summed E-state index contributed by atoms with van der Waals surface area (Å²) in [6.07, 6.45) is -0.184. The summed E-state index contributed by atoms with van der Waals surface area (Å²) in [5, 5.41) is 8.60. The van der Waals surface area contributed by atoms with Crippen LogP contribution in [0.3, 0.4) is 0 Å². The maximum Gasteiger partial charge on any atom is 0.306 e. The van der Waals surface area contributed by atoms with Gasteiger partial charge in [0, 0.05) is 6.42 Å². The van der Waals surface area contributed by atoms with Crippen LogP contribution in [0.4, 0.5) is 4.39 Å². The summed E-state index contributed by atoms with van der Waals surface area (Å²) in [6.45, 7) is 1.42. The number of hydrogen-bond donors (Lipinski definition) is 1. The normalized spacial score (nSPS) is 12.1. The molecule has 1 atom stereocenters. The zero-order valence-electron chi connectivity index (χ0n) is 8.24. The Morgan fingerprint density at radius 3 is 2.53 bits per heavy atom. The van der Waals surface area contributed by atoms with E-state index in [1.54, 1.807) is 6.07 Å². The van der Waals surface area contributed by atoms with Crippen molar-refractivity contribution in [1.29, 1.82) is 0 Å². The molecule has 0 saturated heterocycles. The topological polar surface area (TPSA) is 54.4 Å². The van der Waals surface area contributed by atoms with Gasteiger partial charge in [-0.2, -0.15) is 0 Å². The molecule has 0 amide bonds. The first kappa shape index (κ1) is 11.4. The van der Waals surface area contributed by atoms with Crippen molar-refractivity contribution < 1.29 is 19.1 Å². The Kier molecular flexibility index (Phi) is 3.55. The van der Waals surface area contributed by atoms with E-state index in [1.165, 1.54) is 25.1 Å². The smallest absolute Gasteiger partial charge is 0.306 e. The van der Waals surface area contributed by atoms with Gasteiger partial charge in [-0.25, -0.2) is 4.39 Å². The molecule has 0 aliphatic rings. The van der Waals surface area contributed by atoms with E-state index in [4.69, 9.17) is 5.11 Å². The molecule has 1 aromatic carbocycles. The van der Waals surface area contributed by atoms with Gasteiger partial charge in [0.2, 0.25) is 0 Å². The van der Waals surface area contributed by atoms with Gasteiger partial charge in [-0.3, -0.25) is 9.59 Å².